The van der Waals surface area contributed by atoms with Gasteiger partial charge in [-0.1, -0.05) is 13.3 Å². The van der Waals surface area contributed by atoms with Crippen LogP contribution in [-0.4, -0.2) is 20.4 Å². The number of rotatable bonds is 4. The zero-order chi connectivity index (χ0) is 18.1. The van der Waals surface area contributed by atoms with Crippen LogP contribution >= 0.6 is 0 Å². The number of aromatic hydroxyl groups is 1. The van der Waals surface area contributed by atoms with Crippen LogP contribution in [0.25, 0.3) is 11.3 Å². The first-order valence-corrected chi connectivity index (χ1v) is 7.27. The van der Waals surface area contributed by atoms with Gasteiger partial charge in [-0.15, -0.1) is 5.10 Å². The van der Waals surface area contributed by atoms with Crippen LogP contribution in [0.15, 0.2) is 18.2 Å². The van der Waals surface area contributed by atoms with E-state index in [9.17, 15) is 27.8 Å². The number of halogens is 4. The van der Waals surface area contributed by atoms with Crippen molar-refractivity contribution in [3.8, 4) is 17.0 Å². The molecule has 0 aliphatic heterocycles. The molecule has 130 valence electrons. The summed E-state index contributed by atoms with van der Waals surface area (Å²) in [7, 11) is 0. The predicted molar refractivity (Wildman–Crippen MR) is 78.7 cm³/mol. The highest BCUT2D eigenvalue weighted by Crippen LogP contribution is 2.38. The average molecular weight is 344 g/mol. The first-order valence-electron chi connectivity index (χ1n) is 7.27. The second kappa shape index (κ2) is 6.72. The van der Waals surface area contributed by atoms with Gasteiger partial charge < -0.3 is 10.2 Å². The molecule has 2 rings (SSSR count). The molecule has 0 saturated carbocycles. The molecule has 0 fully saturated rings. The SMILES string of the molecule is CCCC(O)c1cc(C)c(-c2cc(F)c(C(F)(F)F)cc2O)nn1. The minimum absolute atomic E-state index is 0.0487. The topological polar surface area (TPSA) is 66.2 Å². The summed E-state index contributed by atoms with van der Waals surface area (Å²) in [6.45, 7) is 3.47. The molecule has 1 unspecified atom stereocenters. The Balaban J connectivity index is 2.48. The Morgan fingerprint density at radius 2 is 1.83 bits per heavy atom. The van der Waals surface area contributed by atoms with Crippen molar-refractivity contribution in [2.24, 2.45) is 0 Å². The van der Waals surface area contributed by atoms with Crippen molar-refractivity contribution in [3.63, 3.8) is 0 Å². The van der Waals surface area contributed by atoms with Crippen molar-refractivity contribution in [2.75, 3.05) is 0 Å². The maximum atomic E-state index is 13.7. The molecule has 8 heteroatoms. The van der Waals surface area contributed by atoms with Crippen LogP contribution < -0.4 is 0 Å². The first kappa shape index (κ1) is 18.1. The van der Waals surface area contributed by atoms with Crippen LogP contribution in [0.1, 0.15) is 42.7 Å². The Morgan fingerprint density at radius 1 is 1.17 bits per heavy atom. The van der Waals surface area contributed by atoms with E-state index < -0.39 is 29.4 Å². The van der Waals surface area contributed by atoms with Crippen molar-refractivity contribution in [1.29, 1.82) is 0 Å². The Morgan fingerprint density at radius 3 is 2.38 bits per heavy atom. The second-order valence-corrected chi connectivity index (χ2v) is 5.45. The van der Waals surface area contributed by atoms with E-state index in [0.717, 1.165) is 6.42 Å². The molecule has 2 N–H and O–H groups in total. The Kier molecular flexibility index (Phi) is 5.08. The van der Waals surface area contributed by atoms with Crippen molar-refractivity contribution in [3.05, 3.63) is 40.8 Å². The third-order valence-corrected chi connectivity index (χ3v) is 3.55. The van der Waals surface area contributed by atoms with E-state index in [0.29, 0.717) is 29.8 Å². The van der Waals surface area contributed by atoms with Gasteiger partial charge in [0.1, 0.15) is 11.6 Å². The van der Waals surface area contributed by atoms with Crippen LogP contribution in [0.3, 0.4) is 0 Å². The summed E-state index contributed by atoms with van der Waals surface area (Å²) in [6, 6.07) is 2.42. The second-order valence-electron chi connectivity index (χ2n) is 5.45. The molecule has 0 radical (unpaired) electrons. The van der Waals surface area contributed by atoms with E-state index >= 15 is 0 Å². The number of aromatic nitrogens is 2. The summed E-state index contributed by atoms with van der Waals surface area (Å²) in [4.78, 5) is 0. The van der Waals surface area contributed by atoms with E-state index in [1.54, 1.807) is 6.92 Å². The van der Waals surface area contributed by atoms with Gasteiger partial charge in [0.05, 0.1) is 23.1 Å². The van der Waals surface area contributed by atoms with E-state index in [2.05, 4.69) is 10.2 Å². The van der Waals surface area contributed by atoms with Gasteiger partial charge in [-0.05, 0) is 37.1 Å². The van der Waals surface area contributed by atoms with Crippen LogP contribution in [0.2, 0.25) is 0 Å². The van der Waals surface area contributed by atoms with Gasteiger partial charge in [0.2, 0.25) is 0 Å². The zero-order valence-electron chi connectivity index (χ0n) is 13.0. The van der Waals surface area contributed by atoms with Crippen LogP contribution in [0, 0.1) is 12.7 Å². The molecule has 1 atom stereocenters. The molecule has 0 saturated heterocycles. The zero-order valence-corrected chi connectivity index (χ0v) is 13.0. The summed E-state index contributed by atoms with van der Waals surface area (Å²) < 4.78 is 51.7. The van der Waals surface area contributed by atoms with Crippen LogP contribution in [0.5, 0.6) is 5.75 Å². The number of hydrogen-bond acceptors (Lipinski definition) is 4. The highest BCUT2D eigenvalue weighted by molar-refractivity contribution is 5.70. The third kappa shape index (κ3) is 3.64. The van der Waals surface area contributed by atoms with Crippen LogP contribution in [0.4, 0.5) is 17.6 Å². The summed E-state index contributed by atoms with van der Waals surface area (Å²) in [6.07, 6.45) is -4.51. The van der Waals surface area contributed by atoms with Gasteiger partial charge in [0, 0.05) is 5.56 Å². The number of phenols is 1. The number of aliphatic hydroxyl groups excluding tert-OH is 1. The van der Waals surface area contributed by atoms with E-state index in [1.165, 1.54) is 6.07 Å². The predicted octanol–water partition coefficient (Wildman–Crippen LogP) is 4.15. The van der Waals surface area contributed by atoms with Crippen molar-refractivity contribution >= 4 is 0 Å². The number of alkyl halides is 3. The molecule has 4 nitrogen and oxygen atoms in total. The van der Waals surface area contributed by atoms with Gasteiger partial charge in [0.15, 0.2) is 0 Å². The van der Waals surface area contributed by atoms with Gasteiger partial charge in [-0.25, -0.2) is 4.39 Å². The molecule has 1 aromatic heterocycles. The molecule has 1 heterocycles. The fourth-order valence-electron chi connectivity index (χ4n) is 2.32. The minimum atomic E-state index is -4.91. The lowest BCUT2D eigenvalue weighted by Crippen LogP contribution is -2.09. The highest BCUT2D eigenvalue weighted by atomic mass is 19.4. The normalized spacial score (nSPS) is 13.1. The number of phenolic OH excluding ortho intramolecular Hbond substituents is 1. The summed E-state index contributed by atoms with van der Waals surface area (Å²) in [5.74, 6) is -2.26. The molecule has 0 bridgehead atoms. The highest BCUT2D eigenvalue weighted by Gasteiger charge is 2.35. The van der Waals surface area contributed by atoms with Gasteiger partial charge >= 0.3 is 6.18 Å². The number of aliphatic hydroxyl groups is 1. The maximum Gasteiger partial charge on any atom is 0.419 e. The lowest BCUT2D eigenvalue weighted by Gasteiger charge is -2.14. The third-order valence-electron chi connectivity index (χ3n) is 3.55. The Hall–Kier alpha value is -2.22. The molecule has 0 spiro atoms. The monoisotopic (exact) mass is 344 g/mol. The molecule has 0 aliphatic carbocycles. The first-order chi connectivity index (χ1) is 11.1. The standard InChI is InChI=1S/C16H16F4N2O2/c1-3-4-13(23)12-5-8(2)15(22-21-12)9-6-11(17)10(7-14(9)24)16(18,19)20/h5-7,13,23-24H,3-4H2,1-2H3. The molecular weight excluding hydrogens is 328 g/mol. The number of benzene rings is 1. The molecule has 24 heavy (non-hydrogen) atoms. The Bertz CT molecular complexity index is 748. The smallest absolute Gasteiger partial charge is 0.419 e. The largest absolute Gasteiger partial charge is 0.507 e. The molecule has 2 aromatic rings. The van der Waals surface area contributed by atoms with E-state index in [1.807, 2.05) is 6.92 Å². The molecule has 0 aliphatic rings. The minimum Gasteiger partial charge on any atom is -0.507 e. The summed E-state index contributed by atoms with van der Waals surface area (Å²) in [5.41, 5.74) is -0.937. The van der Waals surface area contributed by atoms with Gasteiger partial charge in [-0.3, -0.25) is 0 Å². The lowest BCUT2D eigenvalue weighted by atomic mass is 10.0. The fraction of sp³-hybridized carbons (Fsp3) is 0.375. The number of hydrogen-bond donors (Lipinski definition) is 2. The van der Waals surface area contributed by atoms with Crippen molar-refractivity contribution in [1.82, 2.24) is 10.2 Å². The Labute approximate surface area is 135 Å². The van der Waals surface area contributed by atoms with E-state index in [-0.39, 0.29) is 11.3 Å². The summed E-state index contributed by atoms with van der Waals surface area (Å²) in [5, 5.41) is 27.4. The molecule has 0 amide bonds. The molecular formula is C16H16F4N2O2. The fourth-order valence-corrected chi connectivity index (χ4v) is 2.32. The quantitative estimate of drug-likeness (QED) is 0.818. The lowest BCUT2D eigenvalue weighted by molar-refractivity contribution is -0.140. The van der Waals surface area contributed by atoms with E-state index in [4.69, 9.17) is 0 Å². The average Bonchev–Trinajstić information content (AvgIpc) is 2.48. The van der Waals surface area contributed by atoms with Crippen LogP contribution in [-0.2, 0) is 6.18 Å². The number of nitrogens with zero attached hydrogens (tertiary/aromatic N) is 2. The van der Waals surface area contributed by atoms with Gasteiger partial charge in [-0.2, -0.15) is 18.3 Å². The van der Waals surface area contributed by atoms with Crippen molar-refractivity contribution < 1.29 is 27.8 Å². The van der Waals surface area contributed by atoms with Gasteiger partial charge in [0.25, 0.3) is 0 Å². The maximum absolute atomic E-state index is 13.7. The van der Waals surface area contributed by atoms with Crippen molar-refractivity contribution in [2.45, 2.75) is 39.0 Å². The summed E-state index contributed by atoms with van der Waals surface area (Å²) >= 11 is 0. The molecule has 1 aromatic carbocycles. The number of aryl methyl sites for hydroxylation is 1.